The van der Waals surface area contributed by atoms with Gasteiger partial charge in [-0.2, -0.15) is 0 Å². The summed E-state index contributed by atoms with van der Waals surface area (Å²) in [6.45, 7) is 7.79. The highest BCUT2D eigenvalue weighted by molar-refractivity contribution is 5.99. The van der Waals surface area contributed by atoms with Crippen LogP contribution in [0.2, 0.25) is 0 Å². The Hall–Kier alpha value is -1.89. The summed E-state index contributed by atoms with van der Waals surface area (Å²) in [4.78, 5) is 22.2. The number of methoxy groups -OCH3 is 1. The fourth-order valence-electron chi connectivity index (χ4n) is 4.03. The van der Waals surface area contributed by atoms with Crippen LogP contribution in [0, 0.1) is 6.92 Å². The molecule has 0 aliphatic carbocycles. The summed E-state index contributed by atoms with van der Waals surface area (Å²) in [5.74, 6) is 0.882. The van der Waals surface area contributed by atoms with Gasteiger partial charge in [0.25, 0.3) is 5.91 Å². The topological polar surface area (TPSA) is 57.7 Å². The third-order valence-electron chi connectivity index (χ3n) is 5.56. The standard InChI is InChI=1S/C20H26N4O2.ClH/c1-14-18(11-15-3-4-17(26-2)12-19(15)22-14)20(25)24-8-5-16(13-24)23-9-6-21-7-10-23;/h3-4,11-12,16,21H,5-10,13H2,1-2H3;1H. The van der Waals surface area contributed by atoms with E-state index in [1.165, 1.54) is 0 Å². The van der Waals surface area contributed by atoms with Crippen LogP contribution >= 0.6 is 12.4 Å². The molecule has 2 saturated heterocycles. The number of piperazine rings is 1. The van der Waals surface area contributed by atoms with Gasteiger partial charge in [0, 0.05) is 56.8 Å². The molecule has 6 nitrogen and oxygen atoms in total. The van der Waals surface area contributed by atoms with E-state index in [9.17, 15) is 4.79 Å². The zero-order valence-electron chi connectivity index (χ0n) is 15.9. The number of fused-ring (bicyclic) bond motifs is 1. The monoisotopic (exact) mass is 390 g/mol. The Bertz CT molecular complexity index is 823. The Morgan fingerprint density at radius 2 is 2.00 bits per heavy atom. The highest BCUT2D eigenvalue weighted by Crippen LogP contribution is 2.24. The van der Waals surface area contributed by atoms with Gasteiger partial charge in [-0.15, -0.1) is 12.4 Å². The van der Waals surface area contributed by atoms with E-state index in [-0.39, 0.29) is 18.3 Å². The van der Waals surface area contributed by atoms with Crippen LogP contribution in [0.1, 0.15) is 22.5 Å². The lowest BCUT2D eigenvalue weighted by atomic mass is 10.1. The lowest BCUT2D eigenvalue weighted by Crippen LogP contribution is -2.49. The van der Waals surface area contributed by atoms with E-state index in [0.29, 0.717) is 11.6 Å². The van der Waals surface area contributed by atoms with Crippen molar-refractivity contribution in [2.45, 2.75) is 19.4 Å². The molecule has 7 heteroatoms. The summed E-state index contributed by atoms with van der Waals surface area (Å²) in [5.41, 5.74) is 2.35. The second kappa shape index (κ2) is 8.42. The highest BCUT2D eigenvalue weighted by atomic mass is 35.5. The van der Waals surface area contributed by atoms with Crippen molar-refractivity contribution in [2.24, 2.45) is 0 Å². The number of ether oxygens (including phenoxy) is 1. The van der Waals surface area contributed by atoms with Crippen molar-refractivity contribution in [1.29, 1.82) is 0 Å². The molecule has 3 heterocycles. The minimum absolute atomic E-state index is 0. The molecule has 2 aliphatic rings. The van der Waals surface area contributed by atoms with Gasteiger partial charge < -0.3 is 15.0 Å². The molecule has 0 radical (unpaired) electrons. The number of nitrogens with zero attached hydrogens (tertiary/aromatic N) is 3. The first-order valence-corrected chi connectivity index (χ1v) is 9.35. The van der Waals surface area contributed by atoms with Crippen LogP contribution in [0.3, 0.4) is 0 Å². The number of nitrogens with one attached hydrogen (secondary N) is 1. The number of halogens is 1. The van der Waals surface area contributed by atoms with Crippen LogP contribution in [0.25, 0.3) is 10.9 Å². The van der Waals surface area contributed by atoms with E-state index < -0.39 is 0 Å². The average Bonchev–Trinajstić information content (AvgIpc) is 3.17. The van der Waals surface area contributed by atoms with Gasteiger partial charge in [0.2, 0.25) is 0 Å². The zero-order chi connectivity index (χ0) is 18.1. The maximum atomic E-state index is 13.1. The third kappa shape index (κ3) is 4.03. The maximum Gasteiger partial charge on any atom is 0.255 e. The largest absolute Gasteiger partial charge is 0.497 e. The molecule has 2 aliphatic heterocycles. The molecule has 1 N–H and O–H groups in total. The molecule has 2 aromatic rings. The number of benzene rings is 1. The molecule has 146 valence electrons. The van der Waals surface area contributed by atoms with Crippen molar-refractivity contribution in [2.75, 3.05) is 46.4 Å². The van der Waals surface area contributed by atoms with E-state index in [4.69, 9.17) is 4.74 Å². The number of amides is 1. The summed E-state index contributed by atoms with van der Waals surface area (Å²) < 4.78 is 5.27. The van der Waals surface area contributed by atoms with Crippen LogP contribution in [0.5, 0.6) is 5.75 Å². The molecule has 0 saturated carbocycles. The number of hydrogen-bond acceptors (Lipinski definition) is 5. The quantitative estimate of drug-likeness (QED) is 0.869. The van der Waals surface area contributed by atoms with E-state index in [2.05, 4.69) is 15.2 Å². The Morgan fingerprint density at radius 1 is 1.22 bits per heavy atom. The molecular formula is C20H27ClN4O2. The van der Waals surface area contributed by atoms with Crippen LogP contribution in [0.15, 0.2) is 24.3 Å². The third-order valence-corrected chi connectivity index (χ3v) is 5.56. The molecule has 0 bridgehead atoms. The summed E-state index contributed by atoms with van der Waals surface area (Å²) in [5, 5.41) is 4.36. The normalized spacial score (nSPS) is 20.5. The predicted octanol–water partition coefficient (Wildman–Crippen LogP) is 2.09. The molecule has 1 amide bonds. The first-order valence-electron chi connectivity index (χ1n) is 9.35. The summed E-state index contributed by atoms with van der Waals surface area (Å²) in [6, 6.07) is 8.23. The summed E-state index contributed by atoms with van der Waals surface area (Å²) in [6.07, 6.45) is 1.06. The van der Waals surface area contributed by atoms with Crippen molar-refractivity contribution >= 4 is 29.2 Å². The van der Waals surface area contributed by atoms with Gasteiger partial charge >= 0.3 is 0 Å². The van der Waals surface area contributed by atoms with Gasteiger partial charge in [-0.05, 0) is 31.5 Å². The fourth-order valence-corrected chi connectivity index (χ4v) is 4.03. The zero-order valence-corrected chi connectivity index (χ0v) is 16.7. The Morgan fingerprint density at radius 3 is 2.74 bits per heavy atom. The van der Waals surface area contributed by atoms with Crippen molar-refractivity contribution in [1.82, 2.24) is 20.1 Å². The van der Waals surface area contributed by atoms with E-state index >= 15 is 0 Å². The molecule has 27 heavy (non-hydrogen) atoms. The van der Waals surface area contributed by atoms with Crippen molar-refractivity contribution in [3.8, 4) is 5.75 Å². The second-order valence-electron chi connectivity index (χ2n) is 7.16. The van der Waals surface area contributed by atoms with Gasteiger partial charge in [-0.1, -0.05) is 0 Å². The molecule has 1 atom stereocenters. The molecule has 1 aromatic carbocycles. The molecule has 2 fully saturated rings. The van der Waals surface area contributed by atoms with E-state index in [1.807, 2.05) is 36.1 Å². The fraction of sp³-hybridized carbons (Fsp3) is 0.500. The number of aryl methyl sites for hydroxylation is 1. The van der Waals surface area contributed by atoms with Crippen molar-refractivity contribution in [3.63, 3.8) is 0 Å². The number of likely N-dealkylation sites (tertiary alicyclic amines) is 1. The second-order valence-corrected chi connectivity index (χ2v) is 7.16. The maximum absolute atomic E-state index is 13.1. The van der Waals surface area contributed by atoms with Crippen molar-refractivity contribution in [3.05, 3.63) is 35.5 Å². The lowest BCUT2D eigenvalue weighted by Gasteiger charge is -2.32. The van der Waals surface area contributed by atoms with E-state index in [1.54, 1.807) is 7.11 Å². The number of aromatic nitrogens is 1. The Balaban J connectivity index is 0.00000210. The molecule has 4 rings (SSSR count). The first kappa shape index (κ1) is 19.9. The average molecular weight is 391 g/mol. The van der Waals surface area contributed by atoms with Crippen LogP contribution in [0.4, 0.5) is 0 Å². The summed E-state index contributed by atoms with van der Waals surface area (Å²) >= 11 is 0. The minimum atomic E-state index is 0. The minimum Gasteiger partial charge on any atom is -0.497 e. The van der Waals surface area contributed by atoms with Gasteiger partial charge in [-0.25, -0.2) is 0 Å². The number of carbonyl (C=O) groups is 1. The Kier molecular flexibility index (Phi) is 6.19. The Labute approximate surface area is 166 Å². The molecule has 1 aromatic heterocycles. The molecular weight excluding hydrogens is 364 g/mol. The SMILES string of the molecule is COc1ccc2cc(C(=O)N3CCC(N4CCNCC4)C3)c(C)nc2c1.Cl. The summed E-state index contributed by atoms with van der Waals surface area (Å²) in [7, 11) is 1.65. The van der Waals surface area contributed by atoms with Gasteiger partial charge in [0.1, 0.15) is 5.75 Å². The highest BCUT2D eigenvalue weighted by Gasteiger charge is 2.32. The number of rotatable bonds is 3. The number of pyridine rings is 1. The predicted molar refractivity (Wildman–Crippen MR) is 109 cm³/mol. The van der Waals surface area contributed by atoms with Crippen LogP contribution in [-0.4, -0.2) is 73.1 Å². The number of carbonyl (C=O) groups excluding carboxylic acids is 1. The first-order chi connectivity index (χ1) is 12.7. The van der Waals surface area contributed by atoms with Crippen LogP contribution in [-0.2, 0) is 0 Å². The van der Waals surface area contributed by atoms with Gasteiger partial charge in [-0.3, -0.25) is 14.7 Å². The molecule has 1 unspecified atom stereocenters. The van der Waals surface area contributed by atoms with Crippen molar-refractivity contribution < 1.29 is 9.53 Å². The molecule has 0 spiro atoms. The number of hydrogen-bond donors (Lipinski definition) is 1. The smallest absolute Gasteiger partial charge is 0.255 e. The van der Waals surface area contributed by atoms with Crippen LogP contribution < -0.4 is 10.1 Å². The van der Waals surface area contributed by atoms with Gasteiger partial charge in [0.05, 0.1) is 23.9 Å². The van der Waals surface area contributed by atoms with Gasteiger partial charge in [0.15, 0.2) is 0 Å². The lowest BCUT2D eigenvalue weighted by molar-refractivity contribution is 0.0772. The van der Waals surface area contributed by atoms with E-state index in [0.717, 1.165) is 68.0 Å².